The van der Waals surface area contributed by atoms with Crippen LogP contribution in [-0.2, 0) is 20.4 Å². The average Bonchev–Trinajstić information content (AvgIpc) is 2.28. The van der Waals surface area contributed by atoms with Gasteiger partial charge in [-0.2, -0.15) is 25.7 Å². The maximum absolute atomic E-state index is 10.6. The Morgan fingerprint density at radius 1 is 0.923 bits per heavy atom. The van der Waals surface area contributed by atoms with Gasteiger partial charge in [-0.15, -0.1) is 5.53 Å². The lowest BCUT2D eigenvalue weighted by atomic mass is 11.0. The molecular formula is C2H7N5O4S2. The van der Waals surface area contributed by atoms with Crippen LogP contribution in [0.1, 0.15) is 0 Å². The van der Waals surface area contributed by atoms with Crippen molar-refractivity contribution in [2.45, 2.75) is 0 Å². The Bertz CT molecular complexity index is 381. The lowest BCUT2D eigenvalue weighted by Gasteiger charge is -2.17. The van der Waals surface area contributed by atoms with Crippen molar-refractivity contribution in [3.8, 4) is 0 Å². The van der Waals surface area contributed by atoms with Crippen molar-refractivity contribution < 1.29 is 16.8 Å². The Kier molecular flexibility index (Phi) is 2.21. The zero-order valence-corrected chi connectivity index (χ0v) is 7.79. The fraction of sp³-hybridized carbons (Fsp3) is 0. The Hall–Kier alpha value is -0.880. The molecule has 1 aliphatic rings. The van der Waals surface area contributed by atoms with Gasteiger partial charge in [0.15, 0.2) is 0 Å². The van der Waals surface area contributed by atoms with Crippen molar-refractivity contribution in [2.75, 3.05) is 0 Å². The Labute approximate surface area is 74.9 Å². The van der Waals surface area contributed by atoms with E-state index >= 15 is 0 Å². The minimum Gasteiger partial charge on any atom is -0.210 e. The molecule has 1 aliphatic heterocycles. The van der Waals surface area contributed by atoms with E-state index in [1.54, 1.807) is 0 Å². The van der Waals surface area contributed by atoms with Crippen molar-refractivity contribution >= 4 is 20.4 Å². The minimum atomic E-state index is -4.02. The molecule has 13 heavy (non-hydrogen) atoms. The molecule has 0 aromatic rings. The molecule has 0 aromatic carbocycles. The standard InChI is InChI=1S/C2H7N5O4S2/c3-12(8,9)6-1-2-7(5-6)13(4,10)11/h1-2,5H,(H2,3,8,9)(H2,4,10,11). The highest BCUT2D eigenvalue weighted by Gasteiger charge is 2.25. The van der Waals surface area contributed by atoms with Crippen LogP contribution < -0.4 is 15.8 Å². The summed E-state index contributed by atoms with van der Waals surface area (Å²) in [4.78, 5) is 0. The van der Waals surface area contributed by atoms with E-state index in [1.807, 2.05) is 5.53 Å². The topological polar surface area (TPSA) is 139 Å². The van der Waals surface area contributed by atoms with Gasteiger partial charge in [0.2, 0.25) is 0 Å². The average molecular weight is 229 g/mol. The van der Waals surface area contributed by atoms with Crippen LogP contribution in [0.5, 0.6) is 0 Å². The van der Waals surface area contributed by atoms with Gasteiger partial charge in [0.05, 0.1) is 12.4 Å². The highest BCUT2D eigenvalue weighted by molar-refractivity contribution is 7.87. The summed E-state index contributed by atoms with van der Waals surface area (Å²) in [5, 5.41) is 9.34. The first-order valence-corrected chi connectivity index (χ1v) is 5.81. The summed E-state index contributed by atoms with van der Waals surface area (Å²) in [5.41, 5.74) is 1.90. The van der Waals surface area contributed by atoms with Gasteiger partial charge in [-0.1, -0.05) is 0 Å². The van der Waals surface area contributed by atoms with Gasteiger partial charge in [0, 0.05) is 0 Å². The molecule has 76 valence electrons. The second-order valence-electron chi connectivity index (χ2n) is 2.08. The first-order chi connectivity index (χ1) is 5.71. The van der Waals surface area contributed by atoms with Gasteiger partial charge >= 0.3 is 20.4 Å². The summed E-state index contributed by atoms with van der Waals surface area (Å²) >= 11 is 0. The minimum absolute atomic E-state index is 0.400. The molecule has 9 nitrogen and oxygen atoms in total. The van der Waals surface area contributed by atoms with E-state index in [9.17, 15) is 16.8 Å². The summed E-state index contributed by atoms with van der Waals surface area (Å²) in [7, 11) is -8.04. The largest absolute Gasteiger partial charge is 0.313 e. The van der Waals surface area contributed by atoms with Crippen molar-refractivity contribution in [1.82, 2.24) is 14.4 Å². The zero-order chi connectivity index (χ0) is 10.3. The van der Waals surface area contributed by atoms with Crippen molar-refractivity contribution in [3.05, 3.63) is 12.4 Å². The van der Waals surface area contributed by atoms with Gasteiger partial charge in [-0.25, -0.2) is 10.3 Å². The molecule has 0 spiro atoms. The number of nitrogens with one attached hydrogen (secondary N) is 1. The van der Waals surface area contributed by atoms with E-state index in [0.29, 0.717) is 8.83 Å². The molecule has 0 saturated carbocycles. The van der Waals surface area contributed by atoms with Crippen LogP contribution in [0.4, 0.5) is 0 Å². The second kappa shape index (κ2) is 2.81. The van der Waals surface area contributed by atoms with Crippen LogP contribution in [0.15, 0.2) is 12.4 Å². The molecule has 0 aliphatic carbocycles. The van der Waals surface area contributed by atoms with Crippen LogP contribution in [0.3, 0.4) is 0 Å². The lowest BCUT2D eigenvalue weighted by Crippen LogP contribution is -2.49. The number of hydrazine groups is 2. The Morgan fingerprint density at radius 3 is 1.38 bits per heavy atom. The third-order valence-electron chi connectivity index (χ3n) is 1.08. The number of nitrogens with zero attached hydrogens (tertiary/aromatic N) is 2. The van der Waals surface area contributed by atoms with E-state index in [0.717, 1.165) is 12.4 Å². The third kappa shape index (κ3) is 2.28. The summed E-state index contributed by atoms with van der Waals surface area (Å²) in [6.07, 6.45) is 1.81. The molecule has 0 atom stereocenters. The van der Waals surface area contributed by atoms with E-state index in [4.69, 9.17) is 0 Å². The van der Waals surface area contributed by atoms with Crippen LogP contribution in [0, 0.1) is 0 Å². The number of hydrogen-bond donors (Lipinski definition) is 3. The fourth-order valence-electron chi connectivity index (χ4n) is 0.568. The molecular weight excluding hydrogens is 222 g/mol. The quantitative estimate of drug-likeness (QED) is 0.460. The van der Waals surface area contributed by atoms with Crippen LogP contribution in [0.25, 0.3) is 0 Å². The molecule has 5 N–H and O–H groups in total. The summed E-state index contributed by atoms with van der Waals surface area (Å²) in [6.45, 7) is 0. The van der Waals surface area contributed by atoms with E-state index in [1.165, 1.54) is 0 Å². The predicted octanol–water partition coefficient (Wildman–Crippen LogP) is -3.10. The zero-order valence-electron chi connectivity index (χ0n) is 6.15. The van der Waals surface area contributed by atoms with Crippen molar-refractivity contribution in [3.63, 3.8) is 0 Å². The first-order valence-electron chi connectivity index (χ1n) is 2.80. The van der Waals surface area contributed by atoms with Crippen LogP contribution >= 0.6 is 0 Å². The van der Waals surface area contributed by atoms with Crippen molar-refractivity contribution in [2.24, 2.45) is 10.3 Å². The molecule has 0 amide bonds. The highest BCUT2D eigenvalue weighted by Crippen LogP contribution is 2.04. The molecule has 0 bridgehead atoms. The van der Waals surface area contributed by atoms with E-state index in [2.05, 4.69) is 10.3 Å². The molecule has 1 rings (SSSR count). The lowest BCUT2D eigenvalue weighted by molar-refractivity contribution is 0.297. The molecule has 0 aromatic heterocycles. The Morgan fingerprint density at radius 2 is 1.23 bits per heavy atom. The molecule has 1 heterocycles. The highest BCUT2D eigenvalue weighted by atomic mass is 32.2. The Balaban J connectivity index is 2.86. The summed E-state index contributed by atoms with van der Waals surface area (Å²) in [6, 6.07) is 0. The third-order valence-corrected chi connectivity index (χ3v) is 2.59. The molecule has 0 unspecified atom stereocenters. The molecule has 0 radical (unpaired) electrons. The summed E-state index contributed by atoms with van der Waals surface area (Å²) in [5.74, 6) is 0. The summed E-state index contributed by atoms with van der Waals surface area (Å²) < 4.78 is 43.3. The smallest absolute Gasteiger partial charge is 0.210 e. The molecule has 11 heteroatoms. The van der Waals surface area contributed by atoms with Crippen molar-refractivity contribution in [1.29, 1.82) is 0 Å². The molecule has 0 fully saturated rings. The maximum Gasteiger partial charge on any atom is 0.313 e. The van der Waals surface area contributed by atoms with Gasteiger partial charge in [-0.3, -0.25) is 0 Å². The van der Waals surface area contributed by atoms with E-state index in [-0.39, 0.29) is 0 Å². The van der Waals surface area contributed by atoms with Crippen LogP contribution in [0.2, 0.25) is 0 Å². The van der Waals surface area contributed by atoms with Gasteiger partial charge in [-0.05, 0) is 0 Å². The number of rotatable bonds is 2. The fourth-order valence-corrected chi connectivity index (χ4v) is 1.47. The first kappa shape index (κ1) is 10.2. The monoisotopic (exact) mass is 229 g/mol. The SMILES string of the molecule is NS(=O)(=O)N1C=CN(S(N)(=O)=O)N1. The predicted molar refractivity (Wildman–Crippen MR) is 42.2 cm³/mol. The number of nitrogens with two attached hydrogens (primary N) is 2. The second-order valence-corrected chi connectivity index (χ2v) is 4.93. The van der Waals surface area contributed by atoms with E-state index < -0.39 is 20.4 Å². The van der Waals surface area contributed by atoms with Gasteiger partial charge in [0.25, 0.3) is 0 Å². The maximum atomic E-state index is 10.6. The van der Waals surface area contributed by atoms with Crippen LogP contribution in [-0.4, -0.2) is 25.7 Å². The van der Waals surface area contributed by atoms with Gasteiger partial charge < -0.3 is 0 Å². The number of hydrogen-bond acceptors (Lipinski definition) is 5. The van der Waals surface area contributed by atoms with Gasteiger partial charge in [0.1, 0.15) is 0 Å². The molecule has 0 saturated heterocycles. The normalized spacial score (nSPS) is 18.3.